The number of hydrogen-bond acceptors (Lipinski definition) is 7. The fourth-order valence-corrected chi connectivity index (χ4v) is 6.95. The van der Waals surface area contributed by atoms with Crippen molar-refractivity contribution in [3.05, 3.63) is 41.6 Å². The summed E-state index contributed by atoms with van der Waals surface area (Å²) < 4.78 is 28.5. The number of nitrogens with zero attached hydrogens (tertiary/aromatic N) is 4. The molecule has 1 unspecified atom stereocenters. The molecule has 1 aliphatic heterocycles. The molecular weight excluding hydrogens is 609 g/mol. The number of β-amino-alcohol motifs (C(OH)–C–C–N with tert-alkyl or cyclic N) is 1. The highest BCUT2D eigenvalue weighted by atomic mass is 28.3. The predicted octanol–water partition coefficient (Wildman–Crippen LogP) is 5.51. The maximum absolute atomic E-state index is 14.4. The van der Waals surface area contributed by atoms with E-state index >= 15 is 0 Å². The number of aliphatic hydroxyl groups is 1. The first-order valence-electron chi connectivity index (χ1n) is 15.9. The fourth-order valence-electron chi connectivity index (χ4n) is 6.19. The SMILES string of the molecule is Cc1c(C(=O)N[C@@H]2C(C(C)(C)C)N(C(=O)O)C[C@H]2O)c2ncnc(-c3ccc(F)cc3OCC3CC3)c2n1COCC[Si](C)(C)C. The molecule has 1 aromatic carbocycles. The Hall–Kier alpha value is -3.55. The predicted molar refractivity (Wildman–Crippen MR) is 175 cm³/mol. The first-order valence-corrected chi connectivity index (χ1v) is 19.6. The second-order valence-electron chi connectivity index (χ2n) is 14.9. The lowest BCUT2D eigenvalue weighted by Crippen LogP contribution is -2.54. The van der Waals surface area contributed by atoms with E-state index in [1.165, 1.54) is 23.4 Å². The van der Waals surface area contributed by atoms with Crippen molar-refractivity contribution in [2.24, 2.45) is 11.3 Å². The van der Waals surface area contributed by atoms with E-state index < -0.39 is 49.5 Å². The highest BCUT2D eigenvalue weighted by Crippen LogP contribution is 2.39. The van der Waals surface area contributed by atoms with E-state index in [0.29, 0.717) is 52.9 Å². The van der Waals surface area contributed by atoms with Crippen molar-refractivity contribution in [3.8, 4) is 17.0 Å². The molecule has 0 radical (unpaired) electrons. The minimum absolute atomic E-state index is 0.117. The number of carbonyl (C=O) groups excluding carboxylic acids is 1. The van der Waals surface area contributed by atoms with Gasteiger partial charge in [0.05, 0.1) is 42.4 Å². The van der Waals surface area contributed by atoms with Gasteiger partial charge in [-0.3, -0.25) is 4.79 Å². The monoisotopic (exact) mass is 655 g/mol. The van der Waals surface area contributed by atoms with Gasteiger partial charge >= 0.3 is 6.09 Å². The fraction of sp³-hybridized carbons (Fsp3) is 0.576. The topological polar surface area (TPSA) is 139 Å². The smallest absolute Gasteiger partial charge is 0.407 e. The average molecular weight is 656 g/mol. The number of aromatic nitrogens is 3. The van der Waals surface area contributed by atoms with Crippen LogP contribution in [-0.2, 0) is 11.5 Å². The van der Waals surface area contributed by atoms with Crippen molar-refractivity contribution in [1.82, 2.24) is 24.8 Å². The molecule has 0 spiro atoms. The number of aliphatic hydroxyl groups excluding tert-OH is 1. The van der Waals surface area contributed by atoms with Crippen LogP contribution in [0.3, 0.4) is 0 Å². The summed E-state index contributed by atoms with van der Waals surface area (Å²) >= 11 is 0. The molecular formula is C33H46FN5O6Si. The van der Waals surface area contributed by atoms with Gasteiger partial charge in [-0.05, 0) is 49.3 Å². The third kappa shape index (κ3) is 7.21. The molecule has 1 saturated carbocycles. The van der Waals surface area contributed by atoms with E-state index in [2.05, 4.69) is 34.9 Å². The van der Waals surface area contributed by atoms with Crippen LogP contribution in [0.2, 0.25) is 25.7 Å². The van der Waals surface area contributed by atoms with E-state index in [1.807, 2.05) is 25.3 Å². The van der Waals surface area contributed by atoms with Crippen LogP contribution >= 0.6 is 0 Å². The van der Waals surface area contributed by atoms with Crippen LogP contribution in [0.1, 0.15) is 49.7 Å². The summed E-state index contributed by atoms with van der Waals surface area (Å²) in [5.41, 5.74) is 2.20. The number of hydrogen-bond donors (Lipinski definition) is 3. The Morgan fingerprint density at radius 1 is 1.17 bits per heavy atom. The second kappa shape index (κ2) is 12.9. The zero-order chi connectivity index (χ0) is 33.6. The lowest BCUT2D eigenvalue weighted by molar-refractivity contribution is 0.0780. The van der Waals surface area contributed by atoms with Gasteiger partial charge in [-0.25, -0.2) is 19.2 Å². The molecule has 1 aliphatic carbocycles. The first kappa shape index (κ1) is 33.8. The van der Waals surface area contributed by atoms with Gasteiger partial charge in [-0.15, -0.1) is 0 Å². The van der Waals surface area contributed by atoms with Crippen LogP contribution in [0.15, 0.2) is 24.5 Å². The quantitative estimate of drug-likeness (QED) is 0.182. The Bertz CT molecular complexity index is 1610. The number of benzene rings is 1. The van der Waals surface area contributed by atoms with Gasteiger partial charge < -0.3 is 34.5 Å². The molecule has 13 heteroatoms. The largest absolute Gasteiger partial charge is 0.492 e. The summed E-state index contributed by atoms with van der Waals surface area (Å²) in [5.74, 6) is -0.121. The third-order valence-electron chi connectivity index (χ3n) is 8.81. The number of ether oxygens (including phenoxy) is 2. The maximum Gasteiger partial charge on any atom is 0.407 e. The minimum Gasteiger partial charge on any atom is -0.492 e. The van der Waals surface area contributed by atoms with Crippen molar-refractivity contribution >= 4 is 31.1 Å². The summed E-state index contributed by atoms with van der Waals surface area (Å²) in [4.78, 5) is 36.6. The normalized spacial score (nSPS) is 20.4. The molecule has 3 aromatic rings. The van der Waals surface area contributed by atoms with Crippen molar-refractivity contribution in [1.29, 1.82) is 0 Å². The number of fused-ring (bicyclic) bond motifs is 1. The second-order valence-corrected chi connectivity index (χ2v) is 20.5. The zero-order valence-corrected chi connectivity index (χ0v) is 28.8. The molecule has 2 amide bonds. The Balaban J connectivity index is 1.59. The summed E-state index contributed by atoms with van der Waals surface area (Å²) in [6.07, 6.45) is 1.27. The highest BCUT2D eigenvalue weighted by molar-refractivity contribution is 6.76. The van der Waals surface area contributed by atoms with Crippen molar-refractivity contribution in [3.63, 3.8) is 0 Å². The number of likely N-dealkylation sites (tertiary alicyclic amines) is 1. The first-order chi connectivity index (χ1) is 21.6. The zero-order valence-electron chi connectivity index (χ0n) is 27.8. The average Bonchev–Trinajstić information content (AvgIpc) is 3.66. The number of carbonyl (C=O) groups is 2. The third-order valence-corrected chi connectivity index (χ3v) is 10.5. The molecule has 46 heavy (non-hydrogen) atoms. The molecule has 3 N–H and O–H groups in total. The van der Waals surface area contributed by atoms with E-state index in [0.717, 1.165) is 18.9 Å². The van der Waals surface area contributed by atoms with E-state index in [1.54, 1.807) is 13.0 Å². The molecule has 5 rings (SSSR count). The van der Waals surface area contributed by atoms with Gasteiger partial charge in [0.25, 0.3) is 5.91 Å². The highest BCUT2D eigenvalue weighted by Gasteiger charge is 2.50. The van der Waals surface area contributed by atoms with Crippen LogP contribution in [-0.4, -0.2) is 87.7 Å². The van der Waals surface area contributed by atoms with Crippen LogP contribution < -0.4 is 10.1 Å². The Morgan fingerprint density at radius 3 is 2.52 bits per heavy atom. The summed E-state index contributed by atoms with van der Waals surface area (Å²) in [5, 5.41) is 23.8. The Kier molecular flexibility index (Phi) is 9.49. The lowest BCUT2D eigenvalue weighted by atomic mass is 9.82. The Labute approximate surface area is 270 Å². The van der Waals surface area contributed by atoms with Gasteiger partial charge in [0.15, 0.2) is 0 Å². The summed E-state index contributed by atoms with van der Waals surface area (Å²) in [6, 6.07) is 3.77. The molecule has 1 saturated heterocycles. The van der Waals surface area contributed by atoms with Crippen molar-refractivity contribution in [2.45, 2.75) is 91.1 Å². The molecule has 3 atom stereocenters. The van der Waals surface area contributed by atoms with E-state index in [4.69, 9.17) is 9.47 Å². The van der Waals surface area contributed by atoms with Gasteiger partial charge in [-0.1, -0.05) is 40.4 Å². The maximum atomic E-state index is 14.4. The molecule has 2 aliphatic rings. The lowest BCUT2D eigenvalue weighted by Gasteiger charge is -2.37. The Morgan fingerprint density at radius 2 is 1.89 bits per heavy atom. The van der Waals surface area contributed by atoms with Gasteiger partial charge in [0, 0.05) is 32.0 Å². The van der Waals surface area contributed by atoms with Crippen LogP contribution in [0.5, 0.6) is 5.75 Å². The van der Waals surface area contributed by atoms with Gasteiger partial charge in [-0.2, -0.15) is 0 Å². The van der Waals surface area contributed by atoms with Gasteiger partial charge in [0.1, 0.15) is 35.8 Å². The molecule has 2 aromatic heterocycles. The number of amides is 2. The summed E-state index contributed by atoms with van der Waals surface area (Å²) in [6.45, 7) is 15.3. The number of carboxylic acid groups (broad SMARTS) is 1. The number of halogens is 1. The summed E-state index contributed by atoms with van der Waals surface area (Å²) in [7, 11) is -1.37. The minimum atomic E-state index is -1.37. The number of rotatable bonds is 11. The van der Waals surface area contributed by atoms with E-state index in [9.17, 15) is 24.2 Å². The molecule has 2 fully saturated rings. The van der Waals surface area contributed by atoms with E-state index in [-0.39, 0.29) is 18.8 Å². The molecule has 0 bridgehead atoms. The number of nitrogens with one attached hydrogen (secondary N) is 1. The van der Waals surface area contributed by atoms with Crippen LogP contribution in [0, 0.1) is 24.1 Å². The molecule has 3 heterocycles. The van der Waals surface area contributed by atoms with Crippen LogP contribution in [0.4, 0.5) is 9.18 Å². The van der Waals surface area contributed by atoms with Crippen molar-refractivity contribution < 1.29 is 33.7 Å². The van der Waals surface area contributed by atoms with Crippen molar-refractivity contribution in [2.75, 3.05) is 19.8 Å². The van der Waals surface area contributed by atoms with Gasteiger partial charge in [0.2, 0.25) is 0 Å². The van der Waals surface area contributed by atoms with Crippen LogP contribution in [0.25, 0.3) is 22.3 Å². The molecule has 11 nitrogen and oxygen atoms in total. The molecule has 250 valence electrons. The standard InChI is InChI=1S/C33H46FN5O6Si/c1-19-25(31(41)37-27-23(40)15-38(32(42)43)30(27)33(2,3)4)28-29(39(19)18-44-12-13-46(5,6)7)26(35-17-36-28)22-11-10-21(34)14-24(22)45-16-20-8-9-20/h10-11,14,17,20,23,27,30,40H,8-9,12-13,15-16,18H2,1-7H3,(H,37,41)(H,42,43)/t23-,27+,30?/m1/s1.